The highest BCUT2D eigenvalue weighted by atomic mass is 32.2. The molecule has 0 unspecified atom stereocenters. The fourth-order valence-corrected chi connectivity index (χ4v) is 3.43. The van der Waals surface area contributed by atoms with E-state index in [0.29, 0.717) is 10.5 Å². The molecule has 0 radical (unpaired) electrons. The molecule has 9 heteroatoms. The van der Waals surface area contributed by atoms with Crippen LogP contribution >= 0.6 is 11.8 Å². The molecule has 0 aliphatic carbocycles. The highest BCUT2D eigenvalue weighted by Crippen LogP contribution is 2.24. The number of carbonyl (C=O) groups is 4. The van der Waals surface area contributed by atoms with E-state index in [2.05, 4.69) is 10.6 Å². The predicted octanol–water partition coefficient (Wildman–Crippen LogP) is 0.420. The summed E-state index contributed by atoms with van der Waals surface area (Å²) < 4.78 is 5.01. The minimum Gasteiger partial charge on any atom is -0.452 e. The molecule has 1 fully saturated rings. The molecule has 1 aromatic carbocycles. The van der Waals surface area contributed by atoms with Crippen LogP contribution in [-0.4, -0.2) is 67.6 Å². The maximum atomic E-state index is 12.3. The molecule has 1 aliphatic rings. The third-order valence-corrected chi connectivity index (χ3v) is 5.03. The van der Waals surface area contributed by atoms with Crippen LogP contribution in [0.2, 0.25) is 0 Å². The van der Waals surface area contributed by atoms with Crippen molar-refractivity contribution in [3.05, 3.63) is 29.8 Å². The van der Waals surface area contributed by atoms with Crippen LogP contribution in [0.4, 0.5) is 0 Å². The van der Waals surface area contributed by atoms with E-state index in [1.165, 1.54) is 18.8 Å². The van der Waals surface area contributed by atoms with Gasteiger partial charge in [-0.05, 0) is 25.0 Å². The average Bonchev–Trinajstić information content (AvgIpc) is 3.23. The first-order valence-corrected chi connectivity index (χ1v) is 9.64. The third-order valence-electron chi connectivity index (χ3n) is 3.98. The lowest BCUT2D eigenvalue weighted by molar-refractivity contribution is -0.127. The number of thioether (sulfide) groups is 1. The third kappa shape index (κ3) is 6.59. The number of nitrogens with zero attached hydrogens (tertiary/aromatic N) is 1. The van der Waals surface area contributed by atoms with Crippen molar-refractivity contribution in [1.82, 2.24) is 15.5 Å². The fraction of sp³-hybridized carbons (Fsp3) is 0.444. The lowest BCUT2D eigenvalue weighted by atomic mass is 10.2. The van der Waals surface area contributed by atoms with Crippen molar-refractivity contribution < 1.29 is 23.9 Å². The molecule has 8 nitrogen and oxygen atoms in total. The summed E-state index contributed by atoms with van der Waals surface area (Å²) in [5.41, 5.74) is 0.302. The van der Waals surface area contributed by atoms with E-state index in [1.54, 1.807) is 24.3 Å². The molecule has 1 saturated heterocycles. The van der Waals surface area contributed by atoms with Gasteiger partial charge in [0.25, 0.3) is 5.91 Å². The summed E-state index contributed by atoms with van der Waals surface area (Å²) >= 11 is 1.28. The number of ether oxygens (including phenoxy) is 1. The molecule has 2 rings (SSSR count). The summed E-state index contributed by atoms with van der Waals surface area (Å²) in [5.74, 6) is -1.27. The number of benzene rings is 1. The van der Waals surface area contributed by atoms with Gasteiger partial charge >= 0.3 is 5.97 Å². The van der Waals surface area contributed by atoms with E-state index < -0.39 is 18.5 Å². The second kappa shape index (κ2) is 10.6. The van der Waals surface area contributed by atoms with Crippen LogP contribution < -0.4 is 10.6 Å². The summed E-state index contributed by atoms with van der Waals surface area (Å²) in [6.45, 7) is 0.905. The van der Waals surface area contributed by atoms with Crippen molar-refractivity contribution >= 4 is 35.5 Å². The van der Waals surface area contributed by atoms with Crippen molar-refractivity contribution in [1.29, 1.82) is 0 Å². The van der Waals surface area contributed by atoms with Crippen molar-refractivity contribution in [2.45, 2.75) is 17.7 Å². The Bertz CT molecular complexity index is 704. The zero-order chi connectivity index (χ0) is 19.6. The van der Waals surface area contributed by atoms with Gasteiger partial charge < -0.3 is 20.3 Å². The summed E-state index contributed by atoms with van der Waals surface area (Å²) in [5, 5.41) is 4.71. The molecule has 1 aliphatic heterocycles. The Morgan fingerprint density at radius 2 is 1.81 bits per heavy atom. The number of likely N-dealkylation sites (N-methyl/N-ethyl adjacent to an activating group) is 1. The van der Waals surface area contributed by atoms with E-state index in [1.807, 2.05) is 4.90 Å². The number of hydrogen-bond acceptors (Lipinski definition) is 6. The highest BCUT2D eigenvalue weighted by molar-refractivity contribution is 8.00. The van der Waals surface area contributed by atoms with E-state index in [-0.39, 0.29) is 24.1 Å². The largest absolute Gasteiger partial charge is 0.452 e. The van der Waals surface area contributed by atoms with Crippen molar-refractivity contribution in [2.24, 2.45) is 0 Å². The van der Waals surface area contributed by atoms with Crippen molar-refractivity contribution in [2.75, 3.05) is 39.0 Å². The van der Waals surface area contributed by atoms with Crippen LogP contribution in [0.15, 0.2) is 29.2 Å². The van der Waals surface area contributed by atoms with Crippen LogP contribution in [0.5, 0.6) is 0 Å². The van der Waals surface area contributed by atoms with E-state index in [4.69, 9.17) is 4.74 Å². The standard InChI is InChI=1S/C18H23N3O5S/c1-19-15(22)10-20-16(23)11-26-18(25)13-6-2-3-7-14(13)27-12-17(24)21-8-4-5-9-21/h2-3,6-7H,4-5,8-12H2,1H3,(H,19,22)(H,20,23). The SMILES string of the molecule is CNC(=O)CNC(=O)COC(=O)c1ccccc1SCC(=O)N1CCCC1. The van der Waals surface area contributed by atoms with Crippen LogP contribution in [0, 0.1) is 0 Å². The molecule has 27 heavy (non-hydrogen) atoms. The number of rotatable bonds is 8. The lowest BCUT2D eigenvalue weighted by Gasteiger charge is -2.15. The van der Waals surface area contributed by atoms with Gasteiger partial charge in [-0.1, -0.05) is 12.1 Å². The Morgan fingerprint density at radius 3 is 2.52 bits per heavy atom. The molecule has 1 heterocycles. The first kappa shape index (κ1) is 20.8. The second-order valence-corrected chi connectivity index (χ2v) is 6.92. The van der Waals surface area contributed by atoms with Gasteiger partial charge in [0.05, 0.1) is 17.9 Å². The maximum absolute atomic E-state index is 12.3. The fourth-order valence-electron chi connectivity index (χ4n) is 2.49. The zero-order valence-electron chi connectivity index (χ0n) is 15.2. The first-order chi connectivity index (χ1) is 13.0. The van der Waals surface area contributed by atoms with Gasteiger partial charge in [0, 0.05) is 25.0 Å². The molecule has 1 aromatic rings. The monoisotopic (exact) mass is 393 g/mol. The molecule has 2 N–H and O–H groups in total. The molecular weight excluding hydrogens is 370 g/mol. The van der Waals surface area contributed by atoms with E-state index in [9.17, 15) is 19.2 Å². The quantitative estimate of drug-likeness (QED) is 0.490. The van der Waals surface area contributed by atoms with Gasteiger partial charge in [-0.15, -0.1) is 11.8 Å². The van der Waals surface area contributed by atoms with Gasteiger partial charge in [0.1, 0.15) is 0 Å². The molecule has 3 amide bonds. The van der Waals surface area contributed by atoms with Crippen LogP contribution in [0.3, 0.4) is 0 Å². The zero-order valence-corrected chi connectivity index (χ0v) is 16.0. The summed E-state index contributed by atoms with van der Waals surface area (Å²) in [4.78, 5) is 49.6. The van der Waals surface area contributed by atoms with Crippen molar-refractivity contribution in [3.63, 3.8) is 0 Å². The Morgan fingerprint density at radius 1 is 1.11 bits per heavy atom. The molecule has 0 bridgehead atoms. The van der Waals surface area contributed by atoms with Gasteiger partial charge in [-0.3, -0.25) is 14.4 Å². The average molecular weight is 393 g/mol. The number of carbonyl (C=O) groups excluding carboxylic acids is 4. The Balaban J connectivity index is 1.86. The minimum absolute atomic E-state index is 0.0502. The first-order valence-electron chi connectivity index (χ1n) is 8.65. The normalized spacial score (nSPS) is 13.1. The van der Waals surface area contributed by atoms with E-state index in [0.717, 1.165) is 25.9 Å². The van der Waals surface area contributed by atoms with Gasteiger partial charge in [0.2, 0.25) is 11.8 Å². The predicted molar refractivity (Wildman–Crippen MR) is 100 cm³/mol. The molecule has 0 saturated carbocycles. The molecule has 0 atom stereocenters. The Labute approximate surface area is 162 Å². The van der Waals surface area contributed by atoms with Gasteiger partial charge in [-0.2, -0.15) is 0 Å². The highest BCUT2D eigenvalue weighted by Gasteiger charge is 2.20. The topological polar surface area (TPSA) is 105 Å². The lowest BCUT2D eigenvalue weighted by Crippen LogP contribution is -2.37. The van der Waals surface area contributed by atoms with Crippen LogP contribution in [-0.2, 0) is 19.1 Å². The molecule has 0 spiro atoms. The van der Waals surface area contributed by atoms with Crippen LogP contribution in [0.1, 0.15) is 23.2 Å². The van der Waals surface area contributed by atoms with Gasteiger partial charge in [-0.25, -0.2) is 4.79 Å². The number of esters is 1. The number of amides is 3. The second-order valence-electron chi connectivity index (χ2n) is 5.90. The summed E-state index contributed by atoms with van der Waals surface area (Å²) in [6.07, 6.45) is 2.06. The molecule has 146 valence electrons. The minimum atomic E-state index is -0.651. The van der Waals surface area contributed by atoms with Crippen molar-refractivity contribution in [3.8, 4) is 0 Å². The number of hydrogen-bond donors (Lipinski definition) is 2. The molecule has 0 aromatic heterocycles. The Hall–Kier alpha value is -2.55. The van der Waals surface area contributed by atoms with Crippen LogP contribution in [0.25, 0.3) is 0 Å². The number of nitrogens with one attached hydrogen (secondary N) is 2. The Kier molecular flexibility index (Phi) is 8.12. The summed E-state index contributed by atoms with van der Waals surface area (Å²) in [6, 6.07) is 6.79. The number of likely N-dealkylation sites (tertiary alicyclic amines) is 1. The summed E-state index contributed by atoms with van der Waals surface area (Å²) in [7, 11) is 1.46. The smallest absolute Gasteiger partial charge is 0.339 e. The molecular formula is C18H23N3O5S. The maximum Gasteiger partial charge on any atom is 0.339 e. The van der Waals surface area contributed by atoms with E-state index >= 15 is 0 Å². The van der Waals surface area contributed by atoms with Gasteiger partial charge in [0.15, 0.2) is 6.61 Å².